The third-order valence-corrected chi connectivity index (χ3v) is 3.85. The number of nitro groups is 1. The summed E-state index contributed by atoms with van der Waals surface area (Å²) in [6.07, 6.45) is 3.87. The summed E-state index contributed by atoms with van der Waals surface area (Å²) < 4.78 is 0. The molecular weight excluding hydrogens is 260 g/mol. The second-order valence-electron chi connectivity index (χ2n) is 5.43. The molecule has 3 rings (SSSR count). The Kier molecular flexibility index (Phi) is 3.39. The average molecular weight is 278 g/mol. The molecule has 1 saturated carbocycles. The number of nitrogen functional groups attached to an aromatic ring is 1. The van der Waals surface area contributed by atoms with Crippen LogP contribution in [-0.2, 0) is 0 Å². The van der Waals surface area contributed by atoms with E-state index in [-0.39, 0.29) is 11.6 Å². The van der Waals surface area contributed by atoms with E-state index in [4.69, 9.17) is 5.73 Å². The fraction of sp³-hybridized carbons (Fsp3) is 0.667. The first-order chi connectivity index (χ1) is 9.63. The molecule has 1 aliphatic heterocycles. The molecule has 0 atom stereocenters. The molecule has 1 aromatic heterocycles. The zero-order valence-electron chi connectivity index (χ0n) is 11.2. The van der Waals surface area contributed by atoms with Crippen LogP contribution in [0.3, 0.4) is 0 Å². The Morgan fingerprint density at radius 2 is 2.05 bits per heavy atom. The minimum Gasteiger partial charge on any atom is -0.368 e. The Hall–Kier alpha value is -1.96. The molecule has 0 unspecified atom stereocenters. The molecule has 2 fully saturated rings. The second kappa shape index (κ2) is 5.20. The van der Waals surface area contributed by atoms with Crippen LogP contribution in [0.25, 0.3) is 0 Å². The van der Waals surface area contributed by atoms with Crippen molar-refractivity contribution in [3.63, 3.8) is 0 Å². The van der Waals surface area contributed by atoms with Crippen LogP contribution in [0, 0.1) is 16.0 Å². The molecule has 0 bridgehead atoms. The second-order valence-corrected chi connectivity index (χ2v) is 5.43. The van der Waals surface area contributed by atoms with Crippen molar-refractivity contribution in [1.82, 2.24) is 14.9 Å². The van der Waals surface area contributed by atoms with Gasteiger partial charge in [-0.25, -0.2) is 4.98 Å². The molecule has 0 aromatic carbocycles. The van der Waals surface area contributed by atoms with Gasteiger partial charge in [-0.15, -0.1) is 0 Å². The van der Waals surface area contributed by atoms with Crippen molar-refractivity contribution < 1.29 is 4.92 Å². The van der Waals surface area contributed by atoms with E-state index in [0.717, 1.165) is 38.6 Å². The molecule has 2 N–H and O–H groups in total. The van der Waals surface area contributed by atoms with Gasteiger partial charge >= 0.3 is 5.69 Å². The Balaban J connectivity index is 1.70. The van der Waals surface area contributed by atoms with Crippen molar-refractivity contribution in [1.29, 1.82) is 0 Å². The van der Waals surface area contributed by atoms with E-state index in [0.29, 0.717) is 5.82 Å². The normalized spacial score (nSPS) is 20.1. The van der Waals surface area contributed by atoms with Crippen molar-refractivity contribution in [2.45, 2.75) is 12.8 Å². The third-order valence-electron chi connectivity index (χ3n) is 3.85. The number of nitrogens with zero attached hydrogens (tertiary/aromatic N) is 5. The maximum Gasteiger partial charge on any atom is 0.329 e. The molecule has 1 aliphatic carbocycles. The number of hydrogen-bond donors (Lipinski definition) is 1. The largest absolute Gasteiger partial charge is 0.368 e. The molecule has 0 spiro atoms. The summed E-state index contributed by atoms with van der Waals surface area (Å²) in [7, 11) is 0. The van der Waals surface area contributed by atoms with Gasteiger partial charge in [0.1, 0.15) is 6.20 Å². The molecule has 8 nitrogen and oxygen atoms in total. The summed E-state index contributed by atoms with van der Waals surface area (Å²) in [6, 6.07) is 0. The van der Waals surface area contributed by atoms with Gasteiger partial charge in [-0.05, 0) is 18.8 Å². The number of nitrogens with two attached hydrogens (primary N) is 1. The minimum absolute atomic E-state index is 0.0742. The molecule has 2 heterocycles. The molecule has 1 aromatic rings. The number of rotatable bonds is 4. The quantitative estimate of drug-likeness (QED) is 0.632. The highest BCUT2D eigenvalue weighted by molar-refractivity contribution is 5.58. The fourth-order valence-corrected chi connectivity index (χ4v) is 2.55. The van der Waals surface area contributed by atoms with Crippen LogP contribution in [0.15, 0.2) is 6.20 Å². The van der Waals surface area contributed by atoms with Crippen molar-refractivity contribution in [2.24, 2.45) is 5.92 Å². The molecule has 0 radical (unpaired) electrons. The molecule has 108 valence electrons. The fourth-order valence-electron chi connectivity index (χ4n) is 2.55. The lowest BCUT2D eigenvalue weighted by Gasteiger charge is -2.35. The van der Waals surface area contributed by atoms with E-state index in [2.05, 4.69) is 14.9 Å². The van der Waals surface area contributed by atoms with Crippen LogP contribution < -0.4 is 10.6 Å². The topological polar surface area (TPSA) is 101 Å². The summed E-state index contributed by atoms with van der Waals surface area (Å²) in [5.74, 6) is 1.28. The van der Waals surface area contributed by atoms with Crippen molar-refractivity contribution in [2.75, 3.05) is 43.4 Å². The number of hydrogen-bond acceptors (Lipinski definition) is 7. The molecule has 0 amide bonds. The number of aromatic nitrogens is 2. The standard InChI is InChI=1S/C12H18N6O2/c13-12-14-7-10(18(19)20)11(15-12)17-5-3-16(4-6-17)8-9-1-2-9/h7,9H,1-6,8H2,(H2,13,14,15). The highest BCUT2D eigenvalue weighted by atomic mass is 16.6. The monoisotopic (exact) mass is 278 g/mol. The van der Waals surface area contributed by atoms with Gasteiger partial charge in [0.2, 0.25) is 11.8 Å². The maximum absolute atomic E-state index is 11.0. The molecule has 20 heavy (non-hydrogen) atoms. The van der Waals surface area contributed by atoms with Gasteiger partial charge < -0.3 is 10.6 Å². The Morgan fingerprint density at radius 3 is 2.65 bits per heavy atom. The van der Waals surface area contributed by atoms with Gasteiger partial charge in [-0.2, -0.15) is 4.98 Å². The molecule has 1 saturated heterocycles. The van der Waals surface area contributed by atoms with Gasteiger partial charge in [0.25, 0.3) is 0 Å². The summed E-state index contributed by atoms with van der Waals surface area (Å²) in [5.41, 5.74) is 5.48. The molecule has 2 aliphatic rings. The third kappa shape index (κ3) is 2.79. The predicted octanol–water partition coefficient (Wildman–Crippen LogP) is 0.499. The van der Waals surface area contributed by atoms with E-state index < -0.39 is 4.92 Å². The van der Waals surface area contributed by atoms with E-state index in [1.54, 1.807) is 0 Å². The van der Waals surface area contributed by atoms with Gasteiger partial charge in [0.05, 0.1) is 4.92 Å². The van der Waals surface area contributed by atoms with E-state index in [1.165, 1.54) is 19.0 Å². The molecular formula is C12H18N6O2. The van der Waals surface area contributed by atoms with Gasteiger partial charge in [-0.1, -0.05) is 0 Å². The highest BCUT2D eigenvalue weighted by Gasteiger charge is 2.29. The van der Waals surface area contributed by atoms with Crippen LogP contribution in [-0.4, -0.2) is 52.5 Å². The first kappa shape index (κ1) is 13.0. The lowest BCUT2D eigenvalue weighted by Crippen LogP contribution is -2.47. The zero-order chi connectivity index (χ0) is 14.1. The maximum atomic E-state index is 11.0. The van der Waals surface area contributed by atoms with E-state index >= 15 is 0 Å². The van der Waals surface area contributed by atoms with Gasteiger partial charge in [0, 0.05) is 32.7 Å². The summed E-state index contributed by atoms with van der Waals surface area (Å²) in [5, 5.41) is 11.0. The summed E-state index contributed by atoms with van der Waals surface area (Å²) >= 11 is 0. The summed E-state index contributed by atoms with van der Waals surface area (Å²) in [4.78, 5) is 22.7. The Bertz CT molecular complexity index is 511. The van der Waals surface area contributed by atoms with Gasteiger partial charge in [-0.3, -0.25) is 15.0 Å². The first-order valence-corrected chi connectivity index (χ1v) is 6.87. The SMILES string of the molecule is Nc1ncc([N+](=O)[O-])c(N2CCN(CC3CC3)CC2)n1. The zero-order valence-corrected chi connectivity index (χ0v) is 11.2. The molecule has 8 heteroatoms. The highest BCUT2D eigenvalue weighted by Crippen LogP contribution is 2.31. The van der Waals surface area contributed by atoms with Gasteiger partial charge in [0.15, 0.2) is 0 Å². The lowest BCUT2D eigenvalue weighted by molar-refractivity contribution is -0.384. The van der Waals surface area contributed by atoms with E-state index in [1.807, 2.05) is 4.90 Å². The smallest absolute Gasteiger partial charge is 0.329 e. The van der Waals surface area contributed by atoms with Crippen molar-refractivity contribution in [3.8, 4) is 0 Å². The van der Waals surface area contributed by atoms with Crippen LogP contribution in [0.1, 0.15) is 12.8 Å². The lowest BCUT2D eigenvalue weighted by atomic mass is 10.2. The van der Waals surface area contributed by atoms with Crippen LogP contribution in [0.4, 0.5) is 17.5 Å². The van der Waals surface area contributed by atoms with Crippen molar-refractivity contribution in [3.05, 3.63) is 16.3 Å². The van der Waals surface area contributed by atoms with Crippen LogP contribution >= 0.6 is 0 Å². The van der Waals surface area contributed by atoms with Crippen LogP contribution in [0.2, 0.25) is 0 Å². The first-order valence-electron chi connectivity index (χ1n) is 6.87. The minimum atomic E-state index is -0.453. The average Bonchev–Trinajstić information content (AvgIpc) is 3.23. The van der Waals surface area contributed by atoms with E-state index in [9.17, 15) is 10.1 Å². The Labute approximate surface area is 116 Å². The van der Waals surface area contributed by atoms with Crippen molar-refractivity contribution >= 4 is 17.5 Å². The number of anilines is 2. The predicted molar refractivity (Wildman–Crippen MR) is 74.5 cm³/mol. The van der Waals surface area contributed by atoms with Crippen LogP contribution in [0.5, 0.6) is 0 Å². The number of piperazine rings is 1. The summed E-state index contributed by atoms with van der Waals surface area (Å²) in [6.45, 7) is 4.46. The Morgan fingerprint density at radius 1 is 1.35 bits per heavy atom.